The summed E-state index contributed by atoms with van der Waals surface area (Å²) >= 11 is 0. The van der Waals surface area contributed by atoms with Crippen LogP contribution < -0.4 is 5.32 Å². The van der Waals surface area contributed by atoms with Crippen LogP contribution >= 0.6 is 0 Å². The topological polar surface area (TPSA) is 35.8 Å². The van der Waals surface area contributed by atoms with Crippen LogP contribution in [-0.2, 0) is 6.54 Å². The summed E-state index contributed by atoms with van der Waals surface area (Å²) in [6, 6.07) is 6.91. The largest absolute Gasteiger partial charge is 0.378 e. The van der Waals surface area contributed by atoms with E-state index in [4.69, 9.17) is 5.26 Å². The minimum atomic E-state index is -1.30. The first-order valence-corrected chi connectivity index (χ1v) is 5.59. The van der Waals surface area contributed by atoms with Crippen LogP contribution in [0.15, 0.2) is 30.3 Å². The fourth-order valence-corrected chi connectivity index (χ4v) is 1.65. The van der Waals surface area contributed by atoms with Crippen molar-refractivity contribution in [3.05, 3.63) is 64.7 Å². The van der Waals surface area contributed by atoms with Crippen molar-refractivity contribution < 1.29 is 17.6 Å². The Hall–Kier alpha value is -2.55. The van der Waals surface area contributed by atoms with Gasteiger partial charge >= 0.3 is 0 Å². The smallest absolute Gasteiger partial charge is 0.161 e. The number of nitrogens with one attached hydrogen (secondary N) is 1. The van der Waals surface area contributed by atoms with Crippen LogP contribution in [0.1, 0.15) is 11.1 Å². The van der Waals surface area contributed by atoms with Gasteiger partial charge in [0.05, 0.1) is 11.3 Å². The number of nitriles is 1. The lowest BCUT2D eigenvalue weighted by atomic mass is 10.1. The first kappa shape index (κ1) is 13.9. The van der Waals surface area contributed by atoms with Crippen molar-refractivity contribution in [2.24, 2.45) is 0 Å². The molecule has 0 saturated heterocycles. The highest BCUT2D eigenvalue weighted by Crippen LogP contribution is 2.20. The molecule has 0 atom stereocenters. The van der Waals surface area contributed by atoms with Crippen LogP contribution in [0, 0.1) is 34.6 Å². The fraction of sp³-hybridized carbons (Fsp3) is 0.0714. The Labute approximate surface area is 112 Å². The molecule has 6 heteroatoms. The predicted octanol–water partition coefficient (Wildman–Crippen LogP) is 3.73. The Bertz CT molecular complexity index is 692. The highest BCUT2D eigenvalue weighted by atomic mass is 19.2. The van der Waals surface area contributed by atoms with Crippen molar-refractivity contribution in [2.75, 3.05) is 5.32 Å². The van der Waals surface area contributed by atoms with Crippen molar-refractivity contribution in [1.29, 1.82) is 5.26 Å². The van der Waals surface area contributed by atoms with E-state index in [1.54, 1.807) is 6.07 Å². The maximum absolute atomic E-state index is 13.7. The minimum Gasteiger partial charge on any atom is -0.378 e. The maximum atomic E-state index is 13.7. The lowest BCUT2D eigenvalue weighted by molar-refractivity contribution is 0.496. The highest BCUT2D eigenvalue weighted by molar-refractivity contribution is 5.46. The minimum absolute atomic E-state index is 0.119. The summed E-state index contributed by atoms with van der Waals surface area (Å²) in [5.41, 5.74) is -0.311. The average molecular weight is 280 g/mol. The Morgan fingerprint density at radius 1 is 1.00 bits per heavy atom. The van der Waals surface area contributed by atoms with Crippen molar-refractivity contribution in [2.45, 2.75) is 6.54 Å². The molecule has 20 heavy (non-hydrogen) atoms. The number of anilines is 1. The van der Waals surface area contributed by atoms with Crippen molar-refractivity contribution in [1.82, 2.24) is 0 Å². The Balaban J connectivity index is 2.22. The van der Waals surface area contributed by atoms with E-state index < -0.39 is 23.3 Å². The molecule has 2 nitrogen and oxygen atoms in total. The number of benzene rings is 2. The zero-order valence-corrected chi connectivity index (χ0v) is 10.1. The standard InChI is InChI=1S/C14H8F4N2/c15-10-4-12(17)13(5-11(10)16)20-7-9-3-1-2-8(6-19)14(9)18/h1-5,20H,7H2. The molecular formula is C14H8F4N2. The van der Waals surface area contributed by atoms with Crippen molar-refractivity contribution >= 4 is 5.69 Å². The monoisotopic (exact) mass is 280 g/mol. The number of nitrogens with zero attached hydrogens (tertiary/aromatic N) is 1. The third-order valence-electron chi connectivity index (χ3n) is 2.68. The first-order valence-electron chi connectivity index (χ1n) is 5.59. The van der Waals surface area contributed by atoms with Crippen LogP contribution in [0.2, 0.25) is 0 Å². The van der Waals surface area contributed by atoms with E-state index in [-0.39, 0.29) is 23.4 Å². The van der Waals surface area contributed by atoms with E-state index in [0.717, 1.165) is 0 Å². The number of rotatable bonds is 3. The number of hydrogen-bond donors (Lipinski definition) is 1. The van der Waals surface area contributed by atoms with E-state index in [9.17, 15) is 17.6 Å². The normalized spacial score (nSPS) is 10.2. The summed E-state index contributed by atoms with van der Waals surface area (Å²) in [6.45, 7) is -0.163. The fourth-order valence-electron chi connectivity index (χ4n) is 1.65. The molecule has 102 valence electrons. The van der Waals surface area contributed by atoms with E-state index in [1.807, 2.05) is 0 Å². The summed E-state index contributed by atoms with van der Waals surface area (Å²) in [5, 5.41) is 11.1. The second-order valence-electron chi connectivity index (χ2n) is 3.99. The average Bonchev–Trinajstić information content (AvgIpc) is 2.43. The molecule has 0 bridgehead atoms. The SMILES string of the molecule is N#Cc1cccc(CNc2cc(F)c(F)cc2F)c1F. The maximum Gasteiger partial charge on any atom is 0.161 e. The number of hydrogen-bond acceptors (Lipinski definition) is 2. The van der Waals surface area contributed by atoms with Gasteiger partial charge in [-0.2, -0.15) is 5.26 Å². The van der Waals surface area contributed by atoms with Gasteiger partial charge in [0.2, 0.25) is 0 Å². The van der Waals surface area contributed by atoms with Gasteiger partial charge in [-0.25, -0.2) is 17.6 Å². The molecule has 0 spiro atoms. The van der Waals surface area contributed by atoms with Gasteiger partial charge in [-0.3, -0.25) is 0 Å². The Morgan fingerprint density at radius 3 is 2.40 bits per heavy atom. The van der Waals surface area contributed by atoms with E-state index in [0.29, 0.717) is 12.1 Å². The van der Waals surface area contributed by atoms with Gasteiger partial charge in [-0.15, -0.1) is 0 Å². The van der Waals surface area contributed by atoms with Gasteiger partial charge in [0, 0.05) is 24.2 Å². The molecule has 2 aromatic rings. The third-order valence-corrected chi connectivity index (χ3v) is 2.68. The van der Waals surface area contributed by atoms with Crippen molar-refractivity contribution in [3.8, 4) is 6.07 Å². The molecule has 0 heterocycles. The van der Waals surface area contributed by atoms with Gasteiger partial charge in [-0.1, -0.05) is 12.1 Å². The molecule has 0 unspecified atom stereocenters. The molecule has 0 aromatic heterocycles. The van der Waals surface area contributed by atoms with Crippen LogP contribution in [0.25, 0.3) is 0 Å². The van der Waals surface area contributed by atoms with Crippen LogP contribution in [-0.4, -0.2) is 0 Å². The summed E-state index contributed by atoms with van der Waals surface area (Å²) < 4.78 is 52.8. The summed E-state index contributed by atoms with van der Waals surface area (Å²) in [4.78, 5) is 0. The Morgan fingerprint density at radius 2 is 1.70 bits per heavy atom. The summed E-state index contributed by atoms with van der Waals surface area (Å²) in [5.74, 6) is -4.22. The van der Waals surface area contributed by atoms with Crippen LogP contribution in [0.5, 0.6) is 0 Å². The number of halogens is 4. The first-order chi connectivity index (χ1) is 9.52. The highest BCUT2D eigenvalue weighted by Gasteiger charge is 2.11. The van der Waals surface area contributed by atoms with Crippen LogP contribution in [0.4, 0.5) is 23.2 Å². The second kappa shape index (κ2) is 5.61. The molecule has 0 amide bonds. The third kappa shape index (κ3) is 2.72. The summed E-state index contributed by atoms with van der Waals surface area (Å²) in [6.07, 6.45) is 0. The summed E-state index contributed by atoms with van der Waals surface area (Å²) in [7, 11) is 0. The Kier molecular flexibility index (Phi) is 3.89. The van der Waals surface area contributed by atoms with E-state index in [1.165, 1.54) is 18.2 Å². The molecule has 0 aliphatic heterocycles. The van der Waals surface area contributed by atoms with Gasteiger partial charge in [0.25, 0.3) is 0 Å². The predicted molar refractivity (Wildman–Crippen MR) is 64.8 cm³/mol. The zero-order valence-electron chi connectivity index (χ0n) is 10.1. The zero-order chi connectivity index (χ0) is 14.7. The van der Waals surface area contributed by atoms with Crippen LogP contribution in [0.3, 0.4) is 0 Å². The second-order valence-corrected chi connectivity index (χ2v) is 3.99. The molecule has 1 N–H and O–H groups in total. The molecule has 2 aromatic carbocycles. The van der Waals surface area contributed by atoms with Gasteiger partial charge in [0.1, 0.15) is 17.7 Å². The van der Waals surface area contributed by atoms with Gasteiger partial charge in [0.15, 0.2) is 11.6 Å². The van der Waals surface area contributed by atoms with Gasteiger partial charge < -0.3 is 5.32 Å². The van der Waals surface area contributed by atoms with Crippen molar-refractivity contribution in [3.63, 3.8) is 0 Å². The lowest BCUT2D eigenvalue weighted by Gasteiger charge is -2.09. The molecule has 0 saturated carbocycles. The quantitative estimate of drug-likeness (QED) is 0.687. The molecule has 2 rings (SSSR count). The molecule has 0 fully saturated rings. The van der Waals surface area contributed by atoms with E-state index in [2.05, 4.69) is 5.32 Å². The molecule has 0 aliphatic rings. The molecule has 0 aliphatic carbocycles. The van der Waals surface area contributed by atoms with E-state index >= 15 is 0 Å². The molecular weight excluding hydrogens is 272 g/mol. The lowest BCUT2D eigenvalue weighted by Crippen LogP contribution is -2.05. The van der Waals surface area contributed by atoms with Gasteiger partial charge in [-0.05, 0) is 6.07 Å². The molecule has 0 radical (unpaired) electrons.